The van der Waals surface area contributed by atoms with E-state index in [2.05, 4.69) is 0 Å². The molecule has 2 unspecified atom stereocenters. The number of aromatic hydroxyl groups is 1. The molecule has 6 heteroatoms. The van der Waals surface area contributed by atoms with Crippen LogP contribution in [0.3, 0.4) is 0 Å². The molecule has 1 heterocycles. The predicted octanol–water partition coefficient (Wildman–Crippen LogP) is 1.64. The summed E-state index contributed by atoms with van der Waals surface area (Å²) >= 11 is 0. The fourth-order valence-corrected chi connectivity index (χ4v) is 2.39. The third kappa shape index (κ3) is 3.14. The van der Waals surface area contributed by atoms with Gasteiger partial charge in [-0.3, -0.25) is 0 Å². The number of aliphatic hydroxyl groups excluding tert-OH is 2. The lowest BCUT2D eigenvalue weighted by Crippen LogP contribution is -2.40. The third-order valence-corrected chi connectivity index (χ3v) is 3.65. The molecule has 2 rings (SSSR count). The molecule has 4 N–H and O–H groups in total. The Morgan fingerprint density at radius 2 is 1.87 bits per heavy atom. The largest absolute Gasteiger partial charge is 0.507 e. The maximum absolute atomic E-state index is 12.0. The zero-order chi connectivity index (χ0) is 17.4. The Bertz CT molecular complexity index is 681. The van der Waals surface area contributed by atoms with Crippen molar-refractivity contribution < 1.29 is 30.0 Å². The van der Waals surface area contributed by atoms with Gasteiger partial charge in [-0.2, -0.15) is 0 Å². The summed E-state index contributed by atoms with van der Waals surface area (Å²) < 4.78 is 5.13. The molecule has 124 valence electrons. The number of carbonyl (C=O) groups is 1. The molecule has 0 aromatic heterocycles. The average Bonchev–Trinajstić information content (AvgIpc) is 2.81. The highest BCUT2D eigenvalue weighted by Gasteiger charge is 2.38. The van der Waals surface area contributed by atoms with Crippen molar-refractivity contribution in [3.05, 3.63) is 47.1 Å². The molecule has 0 spiro atoms. The van der Waals surface area contributed by atoms with Crippen molar-refractivity contribution >= 4 is 11.7 Å². The van der Waals surface area contributed by atoms with Gasteiger partial charge in [-0.05, 0) is 38.5 Å². The lowest BCUT2D eigenvalue weighted by Gasteiger charge is -2.29. The normalized spacial score (nSPS) is 19.0. The number of cyclic esters (lactones) is 1. The van der Waals surface area contributed by atoms with E-state index in [-0.39, 0.29) is 28.2 Å². The first kappa shape index (κ1) is 17.2. The minimum atomic E-state index is -1.55. The fraction of sp³-hybridized carbons (Fsp3) is 0.353. The van der Waals surface area contributed by atoms with E-state index in [4.69, 9.17) is 4.74 Å². The van der Waals surface area contributed by atoms with Crippen molar-refractivity contribution in [3.8, 4) is 5.75 Å². The van der Waals surface area contributed by atoms with Crippen molar-refractivity contribution in [2.24, 2.45) is 0 Å². The summed E-state index contributed by atoms with van der Waals surface area (Å²) in [7, 11) is 0. The summed E-state index contributed by atoms with van der Waals surface area (Å²) in [6.45, 7) is 4.50. The van der Waals surface area contributed by atoms with Gasteiger partial charge in [0, 0.05) is 5.56 Å². The fourth-order valence-electron chi connectivity index (χ4n) is 2.39. The second-order valence-corrected chi connectivity index (χ2v) is 5.91. The molecule has 0 radical (unpaired) electrons. The van der Waals surface area contributed by atoms with Crippen molar-refractivity contribution in [2.45, 2.75) is 38.6 Å². The molecule has 1 aromatic carbocycles. The van der Waals surface area contributed by atoms with Gasteiger partial charge in [0.2, 0.25) is 0 Å². The summed E-state index contributed by atoms with van der Waals surface area (Å²) in [5.41, 5.74) is -1.22. The summed E-state index contributed by atoms with van der Waals surface area (Å²) in [6, 6.07) is 2.63. The van der Waals surface area contributed by atoms with Gasteiger partial charge in [-0.15, -0.1) is 0 Å². The number of aliphatic hydroxyl groups is 3. The minimum Gasteiger partial charge on any atom is -0.507 e. The van der Waals surface area contributed by atoms with E-state index in [9.17, 15) is 25.2 Å². The van der Waals surface area contributed by atoms with Gasteiger partial charge < -0.3 is 25.2 Å². The molecule has 0 saturated heterocycles. The summed E-state index contributed by atoms with van der Waals surface area (Å²) in [5, 5.41) is 40.3. The predicted molar refractivity (Wildman–Crippen MR) is 83.6 cm³/mol. The lowest BCUT2D eigenvalue weighted by atomic mass is 9.88. The van der Waals surface area contributed by atoms with E-state index in [1.165, 1.54) is 32.1 Å². The zero-order valence-corrected chi connectivity index (χ0v) is 13.1. The Hall–Kier alpha value is -2.15. The maximum atomic E-state index is 12.0. The molecular formula is C17H20O6. The monoisotopic (exact) mass is 320 g/mol. The van der Waals surface area contributed by atoms with Crippen LogP contribution in [0.4, 0.5) is 0 Å². The SMILES string of the molecule is C/C=C/C=C1\OC(=O)c2c(O)ccc(C(O)C(O)C(C)(C)O)c21. The Kier molecular flexibility index (Phi) is 4.61. The van der Waals surface area contributed by atoms with E-state index in [1.807, 2.05) is 0 Å². The number of allylic oxidation sites excluding steroid dienone is 3. The van der Waals surface area contributed by atoms with E-state index in [0.29, 0.717) is 0 Å². The Balaban J connectivity index is 2.62. The van der Waals surface area contributed by atoms with Gasteiger partial charge in [-0.1, -0.05) is 18.2 Å². The highest BCUT2D eigenvalue weighted by Crippen LogP contribution is 2.41. The number of phenols is 1. The van der Waals surface area contributed by atoms with E-state index >= 15 is 0 Å². The molecule has 1 aliphatic heterocycles. The molecule has 23 heavy (non-hydrogen) atoms. The van der Waals surface area contributed by atoms with Gasteiger partial charge in [-0.25, -0.2) is 4.79 Å². The van der Waals surface area contributed by atoms with Gasteiger partial charge in [0.25, 0.3) is 0 Å². The number of fused-ring (bicyclic) bond motifs is 1. The van der Waals surface area contributed by atoms with Crippen LogP contribution >= 0.6 is 0 Å². The molecule has 1 aliphatic rings. The Morgan fingerprint density at radius 1 is 1.22 bits per heavy atom. The third-order valence-electron chi connectivity index (χ3n) is 3.65. The summed E-state index contributed by atoms with van der Waals surface area (Å²) in [6.07, 6.45) is 1.94. The van der Waals surface area contributed by atoms with Crippen LogP contribution in [0.1, 0.15) is 48.4 Å². The molecule has 0 aliphatic carbocycles. The van der Waals surface area contributed by atoms with Gasteiger partial charge in [0.05, 0.1) is 5.60 Å². The van der Waals surface area contributed by atoms with Crippen LogP contribution in [0.15, 0.2) is 30.4 Å². The zero-order valence-electron chi connectivity index (χ0n) is 13.1. The first-order chi connectivity index (χ1) is 10.7. The van der Waals surface area contributed by atoms with Crippen molar-refractivity contribution in [1.29, 1.82) is 0 Å². The number of carbonyl (C=O) groups excluding carboxylic acids is 1. The lowest BCUT2D eigenvalue weighted by molar-refractivity contribution is -0.107. The van der Waals surface area contributed by atoms with E-state index in [1.54, 1.807) is 19.1 Å². The first-order valence-electron chi connectivity index (χ1n) is 7.18. The molecule has 0 fully saturated rings. The number of phenolic OH excluding ortho intramolecular Hbond substituents is 1. The highest BCUT2D eigenvalue weighted by atomic mass is 16.5. The van der Waals surface area contributed by atoms with Crippen LogP contribution in [-0.4, -0.2) is 38.1 Å². The molecule has 2 atom stereocenters. The second kappa shape index (κ2) is 6.16. The number of esters is 1. The molecule has 6 nitrogen and oxygen atoms in total. The Labute approximate surface area is 134 Å². The van der Waals surface area contributed by atoms with Crippen LogP contribution in [-0.2, 0) is 4.74 Å². The van der Waals surface area contributed by atoms with Crippen LogP contribution in [0.2, 0.25) is 0 Å². The van der Waals surface area contributed by atoms with Crippen LogP contribution in [0, 0.1) is 0 Å². The van der Waals surface area contributed by atoms with Crippen molar-refractivity contribution in [2.75, 3.05) is 0 Å². The van der Waals surface area contributed by atoms with Gasteiger partial charge in [0.1, 0.15) is 29.3 Å². The van der Waals surface area contributed by atoms with Crippen LogP contribution < -0.4 is 0 Å². The maximum Gasteiger partial charge on any atom is 0.348 e. The topological polar surface area (TPSA) is 107 Å². The minimum absolute atomic E-state index is 0.0692. The number of hydrogen-bond acceptors (Lipinski definition) is 6. The number of ether oxygens (including phenoxy) is 1. The summed E-state index contributed by atoms with van der Waals surface area (Å²) in [4.78, 5) is 12.0. The van der Waals surface area contributed by atoms with Gasteiger partial charge in [0.15, 0.2) is 0 Å². The molecule has 1 aromatic rings. The number of hydrogen-bond donors (Lipinski definition) is 4. The van der Waals surface area contributed by atoms with Gasteiger partial charge >= 0.3 is 5.97 Å². The highest BCUT2D eigenvalue weighted by molar-refractivity contribution is 6.06. The smallest absolute Gasteiger partial charge is 0.348 e. The molecule has 0 bridgehead atoms. The van der Waals surface area contributed by atoms with E-state index in [0.717, 1.165) is 0 Å². The standard InChI is InChI=1S/C17H20O6/c1-4-5-6-11-12-9(14(19)15(20)17(2,3)22)7-8-10(18)13(12)16(21)23-11/h4-8,14-15,18-20,22H,1-3H3/b5-4+,11-6-. The second-order valence-electron chi connectivity index (χ2n) is 5.91. The Morgan fingerprint density at radius 3 is 2.43 bits per heavy atom. The first-order valence-corrected chi connectivity index (χ1v) is 7.18. The average molecular weight is 320 g/mol. The summed E-state index contributed by atoms with van der Waals surface area (Å²) in [5.74, 6) is -0.848. The quantitative estimate of drug-likeness (QED) is 0.628. The molecule has 0 amide bonds. The van der Waals surface area contributed by atoms with Crippen molar-refractivity contribution in [1.82, 2.24) is 0 Å². The van der Waals surface area contributed by atoms with E-state index < -0.39 is 23.8 Å². The van der Waals surface area contributed by atoms with Crippen LogP contribution in [0.5, 0.6) is 5.75 Å². The van der Waals surface area contributed by atoms with Crippen LogP contribution in [0.25, 0.3) is 5.76 Å². The van der Waals surface area contributed by atoms with Crippen molar-refractivity contribution in [3.63, 3.8) is 0 Å². The molecular weight excluding hydrogens is 300 g/mol. The molecule has 0 saturated carbocycles. The number of rotatable bonds is 4. The number of benzene rings is 1.